The smallest absolute Gasteiger partial charge is 0.226 e. The summed E-state index contributed by atoms with van der Waals surface area (Å²) in [4.78, 5) is 7.17. The second-order valence-corrected chi connectivity index (χ2v) is 14.3. The van der Waals surface area contributed by atoms with E-state index in [2.05, 4.69) is 163 Å². The number of para-hydroxylation sites is 2. The van der Waals surface area contributed by atoms with Gasteiger partial charge in [-0.2, -0.15) is 4.57 Å². The fourth-order valence-electron chi connectivity index (χ4n) is 7.88. The van der Waals surface area contributed by atoms with Crippen LogP contribution < -0.4 is 9.47 Å². The largest absolute Gasteiger partial charge is 0.310 e. The van der Waals surface area contributed by atoms with Gasteiger partial charge in [0.15, 0.2) is 11.9 Å². The molecular weight excluding hydrogens is 615 g/mol. The van der Waals surface area contributed by atoms with E-state index in [1.807, 2.05) is 17.5 Å². The molecule has 0 atom stereocenters. The van der Waals surface area contributed by atoms with E-state index < -0.39 is 0 Å². The average molecular weight is 647 g/mol. The van der Waals surface area contributed by atoms with Crippen LogP contribution in [0.5, 0.6) is 0 Å². The molecule has 4 heteroatoms. The summed E-state index contributed by atoms with van der Waals surface area (Å²) in [5.41, 5.74) is 13.2. The fourth-order valence-corrected chi connectivity index (χ4v) is 9.05. The molecule has 0 saturated heterocycles. The lowest BCUT2D eigenvalue weighted by Crippen LogP contribution is -2.36. The third-order valence-electron chi connectivity index (χ3n) is 10.0. The Hall–Kier alpha value is -5.84. The average Bonchev–Trinajstić information content (AvgIpc) is 3.52. The summed E-state index contributed by atoms with van der Waals surface area (Å²) < 4.78 is 5.12. The maximum Gasteiger partial charge on any atom is 0.226 e. The van der Waals surface area contributed by atoms with Gasteiger partial charge in [0, 0.05) is 61.1 Å². The Balaban J connectivity index is 1.25. The standard InChI is InChI=1S/C45H32N3S/c1-28-15-16-30(37(22-28)39-23-29(2)19-20-46-39)24-34-25-31-17-18-40-44-42(31)45-36(14-9-21-47(34)45)38-26-35(27-41(49-40)43(38)44)48(32-10-5-3-6-11-32)33-12-7-4-8-13-33/h3-24,26-27H,25H2,1-2H3/q+1/b34-24-. The molecule has 0 spiro atoms. The van der Waals surface area contributed by atoms with Gasteiger partial charge in [-0.15, -0.1) is 11.3 Å². The molecule has 1 aliphatic heterocycles. The van der Waals surface area contributed by atoms with Crippen molar-refractivity contribution in [1.82, 2.24) is 4.98 Å². The zero-order valence-electron chi connectivity index (χ0n) is 27.3. The minimum absolute atomic E-state index is 0.863. The van der Waals surface area contributed by atoms with E-state index in [4.69, 9.17) is 4.98 Å². The van der Waals surface area contributed by atoms with E-state index in [0.717, 1.165) is 23.5 Å². The van der Waals surface area contributed by atoms with Gasteiger partial charge in [-0.3, -0.25) is 4.98 Å². The van der Waals surface area contributed by atoms with Crippen molar-refractivity contribution in [3.8, 4) is 11.3 Å². The Bertz CT molecular complexity index is 2720. The molecule has 0 unspecified atom stereocenters. The van der Waals surface area contributed by atoms with Crippen molar-refractivity contribution in [2.75, 3.05) is 4.90 Å². The zero-order valence-corrected chi connectivity index (χ0v) is 28.1. The molecule has 0 N–H and O–H groups in total. The van der Waals surface area contributed by atoms with Gasteiger partial charge in [0.05, 0.1) is 22.9 Å². The van der Waals surface area contributed by atoms with Gasteiger partial charge >= 0.3 is 0 Å². The predicted octanol–water partition coefficient (Wildman–Crippen LogP) is 11.8. The van der Waals surface area contributed by atoms with Gasteiger partial charge in [-0.25, -0.2) is 0 Å². The summed E-state index contributed by atoms with van der Waals surface area (Å²) in [6.07, 6.45) is 7.41. The first-order valence-electron chi connectivity index (χ1n) is 16.8. The van der Waals surface area contributed by atoms with E-state index in [9.17, 15) is 0 Å². The number of benzene rings is 6. The maximum atomic E-state index is 4.78. The van der Waals surface area contributed by atoms with Crippen LogP contribution in [0, 0.1) is 13.8 Å². The summed E-state index contributed by atoms with van der Waals surface area (Å²) >= 11 is 1.91. The van der Waals surface area contributed by atoms with Gasteiger partial charge in [0.1, 0.15) is 0 Å². The number of aromatic nitrogens is 2. The molecule has 0 radical (unpaired) electrons. The number of nitrogens with zero attached hydrogens (tertiary/aromatic N) is 3. The maximum absolute atomic E-state index is 4.78. The van der Waals surface area contributed by atoms with Crippen molar-refractivity contribution in [2.24, 2.45) is 0 Å². The number of hydrogen-bond donors (Lipinski definition) is 0. The highest BCUT2D eigenvalue weighted by Crippen LogP contribution is 2.49. The first-order valence-corrected chi connectivity index (χ1v) is 17.6. The van der Waals surface area contributed by atoms with Gasteiger partial charge < -0.3 is 4.90 Å². The number of thiophene rings is 1. The van der Waals surface area contributed by atoms with Crippen LogP contribution in [0.3, 0.4) is 0 Å². The molecule has 49 heavy (non-hydrogen) atoms. The number of pyridine rings is 2. The Morgan fingerprint density at radius 1 is 0.653 bits per heavy atom. The first-order chi connectivity index (χ1) is 24.1. The molecule has 3 aromatic heterocycles. The van der Waals surface area contributed by atoms with E-state index in [1.165, 1.54) is 81.0 Å². The molecule has 4 heterocycles. The van der Waals surface area contributed by atoms with Gasteiger partial charge in [-0.1, -0.05) is 60.2 Å². The van der Waals surface area contributed by atoms with Crippen molar-refractivity contribution < 1.29 is 4.57 Å². The predicted molar refractivity (Wildman–Crippen MR) is 207 cm³/mol. The minimum Gasteiger partial charge on any atom is -0.310 e. The second-order valence-electron chi connectivity index (χ2n) is 13.2. The van der Waals surface area contributed by atoms with Crippen LogP contribution in [0.15, 0.2) is 140 Å². The van der Waals surface area contributed by atoms with Crippen LogP contribution in [0.25, 0.3) is 64.9 Å². The molecule has 3 nitrogen and oxygen atoms in total. The molecule has 0 saturated carbocycles. The zero-order chi connectivity index (χ0) is 32.6. The Labute approximate surface area is 289 Å². The monoisotopic (exact) mass is 646 g/mol. The van der Waals surface area contributed by atoms with E-state index in [0.29, 0.717) is 0 Å². The molecule has 1 aliphatic rings. The van der Waals surface area contributed by atoms with Crippen LogP contribution >= 0.6 is 11.3 Å². The second kappa shape index (κ2) is 10.8. The van der Waals surface area contributed by atoms with E-state index >= 15 is 0 Å². The molecule has 0 amide bonds. The quantitative estimate of drug-likeness (QED) is 0.137. The number of anilines is 3. The van der Waals surface area contributed by atoms with Crippen LogP contribution in [0.1, 0.15) is 22.3 Å². The summed E-state index contributed by atoms with van der Waals surface area (Å²) in [5, 5.41) is 6.75. The number of fused-ring (bicyclic) bond motifs is 1. The van der Waals surface area contributed by atoms with Crippen molar-refractivity contribution >= 4 is 82.0 Å². The number of hydrogen-bond acceptors (Lipinski definition) is 3. The van der Waals surface area contributed by atoms with Crippen LogP contribution in [-0.2, 0) is 6.42 Å². The minimum atomic E-state index is 0.863. The third-order valence-corrected chi connectivity index (χ3v) is 11.1. The van der Waals surface area contributed by atoms with Crippen LogP contribution in [0.4, 0.5) is 17.1 Å². The highest BCUT2D eigenvalue weighted by Gasteiger charge is 2.31. The van der Waals surface area contributed by atoms with E-state index in [-0.39, 0.29) is 0 Å². The summed E-state index contributed by atoms with van der Waals surface area (Å²) in [7, 11) is 0. The summed E-state index contributed by atoms with van der Waals surface area (Å²) in [6.45, 7) is 4.29. The van der Waals surface area contributed by atoms with Crippen molar-refractivity contribution in [3.05, 3.63) is 162 Å². The summed E-state index contributed by atoms with van der Waals surface area (Å²) in [5.74, 6) is 0. The number of rotatable bonds is 5. The van der Waals surface area contributed by atoms with Crippen molar-refractivity contribution in [3.63, 3.8) is 0 Å². The third kappa shape index (κ3) is 4.41. The van der Waals surface area contributed by atoms with Crippen molar-refractivity contribution in [2.45, 2.75) is 20.3 Å². The highest BCUT2D eigenvalue weighted by molar-refractivity contribution is 7.26. The SMILES string of the molecule is Cc1ccnc(-c2cc(C)ccc2/C=C2/Cc3ccc4sc5cc(N(c6ccccc6)c6ccccc6)cc6c7ccc[n+]2c7c3c4c56)c1. The number of allylic oxidation sites excluding steroid dienone is 1. The van der Waals surface area contributed by atoms with Gasteiger partial charge in [0.2, 0.25) is 5.52 Å². The van der Waals surface area contributed by atoms with Gasteiger partial charge in [-0.05, 0) is 103 Å². The topological polar surface area (TPSA) is 20.0 Å². The fraction of sp³-hybridized carbons (Fsp3) is 0.0667. The molecular formula is C45H32N3S+. The highest BCUT2D eigenvalue weighted by atomic mass is 32.1. The van der Waals surface area contributed by atoms with Crippen LogP contribution in [-0.4, -0.2) is 4.98 Å². The Morgan fingerprint density at radius 3 is 2.20 bits per heavy atom. The normalized spacial score (nSPS) is 13.5. The number of aryl methyl sites for hydroxylation is 2. The van der Waals surface area contributed by atoms with Gasteiger partial charge in [0.25, 0.3) is 0 Å². The molecule has 0 fully saturated rings. The van der Waals surface area contributed by atoms with Crippen LogP contribution in [0.2, 0.25) is 0 Å². The van der Waals surface area contributed by atoms with Crippen molar-refractivity contribution in [1.29, 1.82) is 0 Å². The molecule has 0 bridgehead atoms. The van der Waals surface area contributed by atoms with E-state index in [1.54, 1.807) is 0 Å². The molecule has 9 aromatic rings. The molecule has 0 aliphatic carbocycles. The molecule has 6 aromatic carbocycles. The Morgan fingerprint density at radius 2 is 1.43 bits per heavy atom. The lowest BCUT2D eigenvalue weighted by atomic mass is 9.89. The first kappa shape index (κ1) is 28.2. The Kier molecular flexibility index (Phi) is 6.24. The summed E-state index contributed by atoms with van der Waals surface area (Å²) in [6, 6.07) is 46.5. The molecule has 232 valence electrons. The lowest BCUT2D eigenvalue weighted by molar-refractivity contribution is -0.553. The molecule has 10 rings (SSSR count). The lowest BCUT2D eigenvalue weighted by Gasteiger charge is -2.26.